The Morgan fingerprint density at radius 2 is 1.66 bits per heavy atom. The van der Waals surface area contributed by atoms with Gasteiger partial charge < -0.3 is 14.8 Å². The van der Waals surface area contributed by atoms with Crippen molar-refractivity contribution in [1.29, 1.82) is 5.26 Å². The first-order valence-corrected chi connectivity index (χ1v) is 11.1. The van der Waals surface area contributed by atoms with Crippen LogP contribution in [0.1, 0.15) is 16.7 Å². The number of nitrogens with one attached hydrogen (secondary N) is 1. The predicted molar refractivity (Wildman–Crippen MR) is 121 cm³/mol. The second-order valence-electron chi connectivity index (χ2n) is 8.52. The van der Waals surface area contributed by atoms with Crippen molar-refractivity contribution in [3.63, 3.8) is 0 Å². The van der Waals surface area contributed by atoms with Gasteiger partial charge in [0.1, 0.15) is 5.75 Å². The molecule has 2 heterocycles. The van der Waals surface area contributed by atoms with Crippen molar-refractivity contribution in [1.82, 2.24) is 15.1 Å². The van der Waals surface area contributed by atoms with Gasteiger partial charge in [-0.2, -0.15) is 5.26 Å². The Labute approximate surface area is 189 Å². The molecule has 1 N–H and O–H groups in total. The maximum absolute atomic E-state index is 12.4. The lowest BCUT2D eigenvalue weighted by atomic mass is 10.1. The summed E-state index contributed by atoms with van der Waals surface area (Å²) in [5, 5.41) is 11.9. The second kappa shape index (κ2) is 10.6. The molecular weight excluding hydrogens is 404 g/mol. The fraction of sp³-hybridized carbons (Fsp3) is 0.440. The van der Waals surface area contributed by atoms with Crippen LogP contribution in [0.5, 0.6) is 5.75 Å². The largest absolute Gasteiger partial charge is 0.497 e. The average Bonchev–Trinajstić information content (AvgIpc) is 2.81. The number of hydrogen-bond donors (Lipinski definition) is 1. The third kappa shape index (κ3) is 6.07. The molecule has 0 aliphatic carbocycles. The summed E-state index contributed by atoms with van der Waals surface area (Å²) < 4.78 is 11.4. The molecule has 7 nitrogen and oxygen atoms in total. The van der Waals surface area contributed by atoms with E-state index in [0.29, 0.717) is 18.7 Å². The predicted octanol–water partition coefficient (Wildman–Crippen LogP) is 1.81. The lowest BCUT2D eigenvalue weighted by Gasteiger charge is -2.45. The molecule has 2 aromatic carbocycles. The molecule has 2 aromatic rings. The van der Waals surface area contributed by atoms with E-state index in [1.807, 2.05) is 24.3 Å². The van der Waals surface area contributed by atoms with Gasteiger partial charge in [-0.25, -0.2) is 0 Å². The minimum atomic E-state index is 0.0192. The molecule has 2 bridgehead atoms. The van der Waals surface area contributed by atoms with E-state index < -0.39 is 0 Å². The van der Waals surface area contributed by atoms with E-state index in [1.165, 1.54) is 5.56 Å². The van der Waals surface area contributed by atoms with Crippen LogP contribution in [-0.2, 0) is 22.5 Å². The summed E-state index contributed by atoms with van der Waals surface area (Å²) in [7, 11) is 1.68. The van der Waals surface area contributed by atoms with E-state index in [4.69, 9.17) is 14.7 Å². The molecule has 0 aromatic heterocycles. The topological polar surface area (TPSA) is 77.8 Å². The number of nitriles is 1. The van der Waals surface area contributed by atoms with Crippen LogP contribution >= 0.6 is 0 Å². The van der Waals surface area contributed by atoms with Crippen molar-refractivity contribution in [2.24, 2.45) is 0 Å². The summed E-state index contributed by atoms with van der Waals surface area (Å²) in [6.07, 6.45) is 1.29. The van der Waals surface area contributed by atoms with Crippen LogP contribution in [0.4, 0.5) is 0 Å². The molecule has 2 fully saturated rings. The molecule has 0 radical (unpaired) electrons. The van der Waals surface area contributed by atoms with E-state index in [9.17, 15) is 4.79 Å². The maximum atomic E-state index is 12.4. The molecule has 32 heavy (non-hydrogen) atoms. The Kier molecular flexibility index (Phi) is 7.38. The first-order chi connectivity index (χ1) is 15.6. The van der Waals surface area contributed by atoms with Crippen LogP contribution in [0.3, 0.4) is 0 Å². The molecular formula is C25H30N4O3. The third-order valence-electron chi connectivity index (χ3n) is 6.05. The minimum Gasteiger partial charge on any atom is -0.497 e. The number of nitrogens with zero attached hydrogens (tertiary/aromatic N) is 3. The van der Waals surface area contributed by atoms with Crippen LogP contribution in [0.25, 0.3) is 0 Å². The second-order valence-corrected chi connectivity index (χ2v) is 8.52. The van der Waals surface area contributed by atoms with Gasteiger partial charge in [-0.05, 0) is 41.8 Å². The number of morpholine rings is 2. The molecule has 4 rings (SSSR count). The summed E-state index contributed by atoms with van der Waals surface area (Å²) in [6, 6.07) is 17.6. The number of carbonyl (C=O) groups excluding carboxylic acids is 1. The zero-order valence-corrected chi connectivity index (χ0v) is 18.5. The summed E-state index contributed by atoms with van der Waals surface area (Å²) in [4.78, 5) is 17.1. The van der Waals surface area contributed by atoms with Crippen molar-refractivity contribution in [3.8, 4) is 11.8 Å². The molecule has 0 saturated carbocycles. The zero-order valence-electron chi connectivity index (χ0n) is 18.5. The van der Waals surface area contributed by atoms with E-state index in [1.54, 1.807) is 19.2 Å². The first kappa shape index (κ1) is 22.3. The number of fused-ring (bicyclic) bond motifs is 2. The number of ether oxygens (including phenoxy) is 2. The molecule has 2 aliphatic rings. The summed E-state index contributed by atoms with van der Waals surface area (Å²) >= 11 is 0. The Bertz CT molecular complexity index is 925. The van der Waals surface area contributed by atoms with Gasteiger partial charge in [0.05, 0.1) is 37.5 Å². The SMILES string of the molecule is COc1ccc(CCN2CC3CN(CC(=O)NCc4ccc(C#N)cc4)CC(C2)O3)cc1. The molecule has 7 heteroatoms. The van der Waals surface area contributed by atoms with Crippen LogP contribution in [0, 0.1) is 11.3 Å². The van der Waals surface area contributed by atoms with E-state index in [2.05, 4.69) is 33.3 Å². The number of benzene rings is 2. The quantitative estimate of drug-likeness (QED) is 0.683. The van der Waals surface area contributed by atoms with Crippen LogP contribution in [0.2, 0.25) is 0 Å². The Balaban J connectivity index is 1.19. The van der Waals surface area contributed by atoms with Gasteiger partial charge in [-0.15, -0.1) is 0 Å². The van der Waals surface area contributed by atoms with Gasteiger partial charge in [0, 0.05) is 39.3 Å². The molecule has 2 aliphatic heterocycles. The number of carbonyl (C=O) groups is 1. The zero-order chi connectivity index (χ0) is 22.3. The van der Waals surface area contributed by atoms with Crippen molar-refractivity contribution in [3.05, 3.63) is 65.2 Å². The van der Waals surface area contributed by atoms with Crippen molar-refractivity contribution < 1.29 is 14.3 Å². The van der Waals surface area contributed by atoms with E-state index >= 15 is 0 Å². The van der Waals surface area contributed by atoms with Crippen LogP contribution < -0.4 is 10.1 Å². The molecule has 2 saturated heterocycles. The number of amides is 1. The molecule has 168 valence electrons. The fourth-order valence-electron chi connectivity index (χ4n) is 4.41. The van der Waals surface area contributed by atoms with E-state index in [0.717, 1.165) is 50.5 Å². The Morgan fingerprint density at radius 3 is 2.28 bits per heavy atom. The van der Waals surface area contributed by atoms with Crippen LogP contribution in [-0.4, -0.2) is 74.3 Å². The minimum absolute atomic E-state index is 0.0192. The molecule has 1 amide bonds. The normalized spacial score (nSPS) is 21.0. The highest BCUT2D eigenvalue weighted by atomic mass is 16.5. The molecule has 2 atom stereocenters. The van der Waals surface area contributed by atoms with Crippen molar-refractivity contribution >= 4 is 5.91 Å². The fourth-order valence-corrected chi connectivity index (χ4v) is 4.41. The lowest BCUT2D eigenvalue weighted by Crippen LogP contribution is -2.60. The number of hydrogen-bond acceptors (Lipinski definition) is 6. The monoisotopic (exact) mass is 434 g/mol. The van der Waals surface area contributed by atoms with Gasteiger partial charge in [0.25, 0.3) is 0 Å². The summed E-state index contributed by atoms with van der Waals surface area (Å²) in [5.74, 6) is 0.904. The van der Waals surface area contributed by atoms with Crippen molar-refractivity contribution in [2.75, 3.05) is 46.4 Å². The van der Waals surface area contributed by atoms with Crippen LogP contribution in [0.15, 0.2) is 48.5 Å². The van der Waals surface area contributed by atoms with E-state index in [-0.39, 0.29) is 18.1 Å². The summed E-state index contributed by atoms with van der Waals surface area (Å²) in [6.45, 7) is 5.22. The lowest BCUT2D eigenvalue weighted by molar-refractivity contribution is -0.144. The molecule has 0 spiro atoms. The van der Waals surface area contributed by atoms with Gasteiger partial charge in [-0.1, -0.05) is 24.3 Å². The van der Waals surface area contributed by atoms with Gasteiger partial charge >= 0.3 is 0 Å². The van der Waals surface area contributed by atoms with Crippen molar-refractivity contribution in [2.45, 2.75) is 25.2 Å². The highest BCUT2D eigenvalue weighted by Crippen LogP contribution is 2.20. The average molecular weight is 435 g/mol. The summed E-state index contributed by atoms with van der Waals surface area (Å²) in [5.41, 5.74) is 2.92. The Hall–Kier alpha value is -2.92. The first-order valence-electron chi connectivity index (χ1n) is 11.1. The highest BCUT2D eigenvalue weighted by molar-refractivity contribution is 5.78. The standard InChI is InChI=1S/C25H30N4O3/c1-31-22-8-6-19(7-9-22)10-11-28-14-23-16-29(17-24(15-28)32-23)18-25(30)27-13-21-4-2-20(12-26)3-5-21/h2-9,23-24H,10-11,13-18H2,1H3,(H,27,30). The van der Waals surface area contributed by atoms with Gasteiger partial charge in [0.15, 0.2) is 0 Å². The number of methoxy groups -OCH3 is 1. The van der Waals surface area contributed by atoms with Gasteiger partial charge in [-0.3, -0.25) is 14.6 Å². The van der Waals surface area contributed by atoms with Gasteiger partial charge in [0.2, 0.25) is 5.91 Å². The Morgan fingerprint density at radius 1 is 1.03 bits per heavy atom. The number of rotatable bonds is 8. The third-order valence-corrected chi connectivity index (χ3v) is 6.05. The highest BCUT2D eigenvalue weighted by Gasteiger charge is 2.35. The maximum Gasteiger partial charge on any atom is 0.234 e. The molecule has 2 unspecified atom stereocenters. The smallest absolute Gasteiger partial charge is 0.234 e.